The number of imidazole rings is 1. The van der Waals surface area contributed by atoms with Crippen LogP contribution in [0.3, 0.4) is 0 Å². The summed E-state index contributed by atoms with van der Waals surface area (Å²) >= 11 is 0. The quantitative estimate of drug-likeness (QED) is 0.225. The van der Waals surface area contributed by atoms with Gasteiger partial charge in [-0.3, -0.25) is 4.99 Å². The molecule has 0 atom stereocenters. The second-order valence-electron chi connectivity index (χ2n) is 9.54. The summed E-state index contributed by atoms with van der Waals surface area (Å²) in [6, 6.07) is 9.07. The number of nitrogens with zero attached hydrogens (tertiary/aromatic N) is 2. The van der Waals surface area contributed by atoms with E-state index in [4.69, 9.17) is 9.98 Å². The van der Waals surface area contributed by atoms with Crippen molar-refractivity contribution < 1.29 is 0 Å². The Morgan fingerprint density at radius 1 is 1.12 bits per heavy atom. The number of benzene rings is 2. The van der Waals surface area contributed by atoms with Crippen molar-refractivity contribution in [2.75, 3.05) is 6.54 Å². The minimum Gasteiger partial charge on any atom is -0.385 e. The Morgan fingerprint density at radius 2 is 1.94 bits per heavy atom. The minimum atomic E-state index is 1.03. The van der Waals surface area contributed by atoms with E-state index in [9.17, 15) is 0 Å². The van der Waals surface area contributed by atoms with E-state index in [1.165, 1.54) is 84.9 Å². The van der Waals surface area contributed by atoms with Gasteiger partial charge in [0, 0.05) is 29.6 Å². The summed E-state index contributed by atoms with van der Waals surface area (Å²) in [4.78, 5) is 13.0. The Morgan fingerprint density at radius 3 is 2.65 bits per heavy atom. The van der Waals surface area contributed by atoms with Gasteiger partial charge in [-0.1, -0.05) is 45.2 Å². The van der Waals surface area contributed by atoms with Gasteiger partial charge < -0.3 is 10.3 Å². The first kappa shape index (κ1) is 24.3. The average Bonchev–Trinajstić information content (AvgIpc) is 3.28. The van der Waals surface area contributed by atoms with Gasteiger partial charge in [0.15, 0.2) is 0 Å². The SMILES string of the molecule is C/C=N\c1cc(-c2cc(C)c(C(NCCCCC)=C3CCC3)c3[nH]cnc23)ccc1CCCC. The molecular weight excluding hydrogens is 416 g/mol. The number of aromatic amines is 1. The highest BCUT2D eigenvalue weighted by Crippen LogP contribution is 2.39. The van der Waals surface area contributed by atoms with Crippen molar-refractivity contribution in [2.45, 2.75) is 85.5 Å². The van der Waals surface area contributed by atoms with Crippen molar-refractivity contribution in [3.8, 4) is 11.1 Å². The van der Waals surface area contributed by atoms with E-state index in [2.05, 4.69) is 55.3 Å². The smallest absolute Gasteiger partial charge is 0.0968 e. The lowest BCUT2D eigenvalue weighted by molar-refractivity contribution is 0.643. The van der Waals surface area contributed by atoms with Gasteiger partial charge in [0.05, 0.1) is 23.0 Å². The number of aliphatic imine (C=N–C) groups is 1. The Labute approximate surface area is 205 Å². The highest BCUT2D eigenvalue weighted by Gasteiger charge is 2.22. The van der Waals surface area contributed by atoms with Crippen LogP contribution in [-0.4, -0.2) is 22.7 Å². The lowest BCUT2D eigenvalue weighted by atomic mass is 9.86. The number of hydrogen-bond donors (Lipinski definition) is 2. The highest BCUT2D eigenvalue weighted by atomic mass is 14.9. The van der Waals surface area contributed by atoms with Crippen molar-refractivity contribution in [2.24, 2.45) is 4.99 Å². The number of allylic oxidation sites excluding steroid dienone is 1. The molecule has 1 fully saturated rings. The molecule has 1 saturated carbocycles. The van der Waals surface area contributed by atoms with Crippen LogP contribution in [0.1, 0.15) is 88.8 Å². The first-order valence-corrected chi connectivity index (χ1v) is 13.2. The third-order valence-corrected chi connectivity index (χ3v) is 7.01. The number of unbranched alkanes of at least 4 members (excludes halogenated alkanes) is 3. The molecule has 0 aliphatic heterocycles. The second kappa shape index (κ2) is 11.5. The van der Waals surface area contributed by atoms with Crippen LogP contribution in [0.15, 0.2) is 41.2 Å². The van der Waals surface area contributed by atoms with Gasteiger partial charge in [0.2, 0.25) is 0 Å². The van der Waals surface area contributed by atoms with Crippen molar-refractivity contribution in [1.29, 1.82) is 0 Å². The molecular formula is C30H40N4. The van der Waals surface area contributed by atoms with Crippen molar-refractivity contribution >= 4 is 28.6 Å². The molecule has 34 heavy (non-hydrogen) atoms. The van der Waals surface area contributed by atoms with Crippen LogP contribution in [0.2, 0.25) is 0 Å². The van der Waals surface area contributed by atoms with Gasteiger partial charge in [-0.25, -0.2) is 4.98 Å². The lowest BCUT2D eigenvalue weighted by Gasteiger charge is -2.25. The van der Waals surface area contributed by atoms with Crippen LogP contribution in [-0.2, 0) is 6.42 Å². The molecule has 1 aromatic heterocycles. The van der Waals surface area contributed by atoms with Crippen molar-refractivity contribution in [3.05, 3.63) is 52.9 Å². The molecule has 1 aliphatic carbocycles. The predicted octanol–water partition coefficient (Wildman–Crippen LogP) is 8.28. The highest BCUT2D eigenvalue weighted by molar-refractivity contribution is 6.00. The number of aromatic nitrogens is 2. The van der Waals surface area contributed by atoms with Crippen LogP contribution in [0.25, 0.3) is 27.9 Å². The fourth-order valence-electron chi connectivity index (χ4n) is 4.94. The van der Waals surface area contributed by atoms with E-state index in [1.54, 1.807) is 5.57 Å². The largest absolute Gasteiger partial charge is 0.385 e. The maximum atomic E-state index is 4.80. The van der Waals surface area contributed by atoms with Crippen LogP contribution in [0, 0.1) is 6.92 Å². The first-order valence-electron chi connectivity index (χ1n) is 13.2. The Hall–Kier alpha value is -2.88. The summed E-state index contributed by atoms with van der Waals surface area (Å²) in [5, 5.41) is 3.82. The van der Waals surface area contributed by atoms with Crippen molar-refractivity contribution in [3.63, 3.8) is 0 Å². The number of nitrogens with one attached hydrogen (secondary N) is 2. The van der Waals surface area contributed by atoms with Gasteiger partial charge in [0.1, 0.15) is 0 Å². The number of rotatable bonds is 11. The molecule has 3 aromatic rings. The van der Waals surface area contributed by atoms with Gasteiger partial charge in [0.25, 0.3) is 0 Å². The third-order valence-electron chi connectivity index (χ3n) is 7.01. The molecule has 4 heteroatoms. The lowest BCUT2D eigenvalue weighted by Crippen LogP contribution is -2.19. The molecule has 4 nitrogen and oxygen atoms in total. The van der Waals surface area contributed by atoms with Crippen LogP contribution in [0.4, 0.5) is 5.69 Å². The fourth-order valence-corrected chi connectivity index (χ4v) is 4.94. The van der Waals surface area contributed by atoms with Gasteiger partial charge in [-0.05, 0) is 86.8 Å². The monoisotopic (exact) mass is 456 g/mol. The second-order valence-corrected chi connectivity index (χ2v) is 9.54. The zero-order valence-corrected chi connectivity index (χ0v) is 21.4. The maximum Gasteiger partial charge on any atom is 0.0968 e. The summed E-state index contributed by atoms with van der Waals surface area (Å²) in [6.45, 7) is 9.76. The zero-order chi connectivity index (χ0) is 23.9. The van der Waals surface area contributed by atoms with Gasteiger partial charge in [-0.15, -0.1) is 0 Å². The summed E-state index contributed by atoms with van der Waals surface area (Å²) < 4.78 is 0. The molecule has 0 bridgehead atoms. The van der Waals surface area contributed by atoms with E-state index >= 15 is 0 Å². The van der Waals surface area contributed by atoms with Crippen LogP contribution >= 0.6 is 0 Å². The maximum absolute atomic E-state index is 4.80. The third kappa shape index (κ3) is 5.11. The average molecular weight is 457 g/mol. The van der Waals surface area contributed by atoms with E-state index in [0.29, 0.717) is 0 Å². The van der Waals surface area contributed by atoms with Gasteiger partial charge >= 0.3 is 0 Å². The van der Waals surface area contributed by atoms with Gasteiger partial charge in [-0.2, -0.15) is 0 Å². The Bertz CT molecular complexity index is 1180. The molecule has 4 rings (SSSR count). The predicted molar refractivity (Wildman–Crippen MR) is 147 cm³/mol. The molecule has 0 saturated heterocycles. The Balaban J connectivity index is 1.77. The minimum absolute atomic E-state index is 1.03. The number of aryl methyl sites for hydroxylation is 2. The molecule has 0 radical (unpaired) electrons. The number of fused-ring (bicyclic) bond motifs is 1. The van der Waals surface area contributed by atoms with E-state index in [1.807, 2.05) is 19.5 Å². The molecule has 0 spiro atoms. The summed E-state index contributed by atoms with van der Waals surface area (Å²) in [5.41, 5.74) is 12.4. The molecule has 2 aromatic carbocycles. The number of hydrogen-bond acceptors (Lipinski definition) is 3. The molecule has 0 amide bonds. The Kier molecular flexibility index (Phi) is 8.21. The normalized spacial score (nSPS) is 13.6. The molecule has 2 N–H and O–H groups in total. The standard InChI is InChI=1S/C30H40N4/c1-5-8-10-17-32-28(23-13-11-14-23)27-21(4)18-25(29-30(27)34-20-33-29)24-16-15-22(12-9-6-2)26(19-24)31-7-3/h7,15-16,18-20,32H,5-6,8-14,17H2,1-4H3,(H,33,34)/b31-7-. The molecule has 0 unspecified atom stereocenters. The van der Waals surface area contributed by atoms with E-state index in [-0.39, 0.29) is 0 Å². The fraction of sp³-hybridized carbons (Fsp3) is 0.467. The summed E-state index contributed by atoms with van der Waals surface area (Å²) in [6.07, 6.45) is 14.6. The van der Waals surface area contributed by atoms with Crippen molar-refractivity contribution in [1.82, 2.24) is 15.3 Å². The zero-order valence-electron chi connectivity index (χ0n) is 21.4. The van der Waals surface area contributed by atoms with Crippen LogP contribution < -0.4 is 5.32 Å². The number of H-pyrrole nitrogens is 1. The summed E-state index contributed by atoms with van der Waals surface area (Å²) in [5.74, 6) is 0. The molecule has 1 aliphatic rings. The van der Waals surface area contributed by atoms with Crippen LogP contribution in [0.5, 0.6) is 0 Å². The summed E-state index contributed by atoms with van der Waals surface area (Å²) in [7, 11) is 0. The van der Waals surface area contributed by atoms with E-state index < -0.39 is 0 Å². The van der Waals surface area contributed by atoms with E-state index in [0.717, 1.165) is 29.7 Å². The molecule has 180 valence electrons. The first-order chi connectivity index (χ1) is 16.7. The molecule has 1 heterocycles. The topological polar surface area (TPSA) is 53.1 Å².